The molecule has 0 spiro atoms. The van der Waals surface area contributed by atoms with E-state index in [1.807, 2.05) is 19.1 Å². The quantitative estimate of drug-likeness (QED) is 0.457. The van der Waals surface area contributed by atoms with Crippen LogP contribution in [-0.2, 0) is 31.3 Å². The summed E-state index contributed by atoms with van der Waals surface area (Å²) in [5, 5.41) is 0. The first-order valence-corrected chi connectivity index (χ1v) is 7.88. The summed E-state index contributed by atoms with van der Waals surface area (Å²) in [7, 11) is 0. The Balaban J connectivity index is 2.19. The van der Waals surface area contributed by atoms with Gasteiger partial charge in [-0.05, 0) is 18.6 Å². The molecule has 0 saturated carbocycles. The lowest BCUT2D eigenvalue weighted by atomic mass is 9.99. The van der Waals surface area contributed by atoms with E-state index in [4.69, 9.17) is 14.2 Å². The molecular weight excluding hydrogens is 296 g/mol. The van der Waals surface area contributed by atoms with Crippen LogP contribution in [0.4, 0.5) is 0 Å². The van der Waals surface area contributed by atoms with Gasteiger partial charge in [-0.3, -0.25) is 9.59 Å². The topological polar surface area (TPSA) is 65.1 Å². The van der Waals surface area contributed by atoms with Crippen LogP contribution in [-0.4, -0.2) is 18.5 Å². The maximum atomic E-state index is 11.9. The third kappa shape index (κ3) is 4.32. The van der Waals surface area contributed by atoms with Crippen LogP contribution < -0.4 is 4.74 Å². The van der Waals surface area contributed by atoms with Crippen LogP contribution >= 0.6 is 0 Å². The average Bonchev–Trinajstić information content (AvgIpc) is 3.23. The Morgan fingerprint density at radius 3 is 2.30 bits per heavy atom. The Labute approximate surface area is 136 Å². The van der Waals surface area contributed by atoms with Gasteiger partial charge in [-0.2, -0.15) is 0 Å². The third-order valence-corrected chi connectivity index (χ3v) is 3.73. The Kier molecular flexibility index (Phi) is 5.09. The van der Waals surface area contributed by atoms with Crippen LogP contribution in [0.15, 0.2) is 18.2 Å². The number of rotatable bonds is 6. The van der Waals surface area contributed by atoms with E-state index in [1.54, 1.807) is 33.8 Å². The summed E-state index contributed by atoms with van der Waals surface area (Å²) >= 11 is 0. The van der Waals surface area contributed by atoms with Gasteiger partial charge in [0.15, 0.2) is 0 Å². The van der Waals surface area contributed by atoms with Gasteiger partial charge in [0.1, 0.15) is 18.0 Å². The van der Waals surface area contributed by atoms with Gasteiger partial charge in [0.2, 0.25) is 0 Å². The van der Waals surface area contributed by atoms with Crippen molar-refractivity contribution in [2.45, 2.75) is 46.8 Å². The molecule has 0 amide bonds. The van der Waals surface area contributed by atoms with Gasteiger partial charge < -0.3 is 14.2 Å². The van der Waals surface area contributed by atoms with E-state index in [1.165, 1.54) is 0 Å². The molecule has 1 aliphatic rings. The molecule has 0 radical (unpaired) electrons. The summed E-state index contributed by atoms with van der Waals surface area (Å²) in [5.41, 5.74) is 1.21. The van der Waals surface area contributed by atoms with E-state index in [2.05, 4.69) is 0 Å². The fourth-order valence-electron chi connectivity index (χ4n) is 1.99. The van der Waals surface area contributed by atoms with Crippen molar-refractivity contribution in [3.05, 3.63) is 29.3 Å². The largest absolute Gasteiger partial charge is 0.461 e. The van der Waals surface area contributed by atoms with E-state index in [0.717, 1.165) is 11.1 Å². The van der Waals surface area contributed by atoms with Crippen LogP contribution in [0.3, 0.4) is 0 Å². The van der Waals surface area contributed by atoms with Crippen molar-refractivity contribution < 1.29 is 23.8 Å². The molecule has 126 valence electrons. The summed E-state index contributed by atoms with van der Waals surface area (Å²) in [6.07, 6.45) is 0. The SMILES string of the molecule is CC(C)C(=O)OCc1ccc([C@]2(C)CO2)c(OC(=O)C(C)C)c1. The molecule has 2 rings (SSSR count). The zero-order valence-corrected chi connectivity index (χ0v) is 14.3. The molecule has 5 nitrogen and oxygen atoms in total. The monoisotopic (exact) mass is 320 g/mol. The van der Waals surface area contributed by atoms with E-state index < -0.39 is 5.60 Å². The van der Waals surface area contributed by atoms with Crippen molar-refractivity contribution in [3.63, 3.8) is 0 Å². The third-order valence-electron chi connectivity index (χ3n) is 3.73. The number of epoxide rings is 1. The standard InChI is InChI=1S/C18H24O5/c1-11(2)16(19)21-9-13-6-7-14(18(5)10-22-18)15(8-13)23-17(20)12(3)4/h6-8,11-12H,9-10H2,1-5H3/t18-/m0/s1. The first kappa shape index (κ1) is 17.5. The maximum Gasteiger partial charge on any atom is 0.313 e. The number of hydrogen-bond acceptors (Lipinski definition) is 5. The van der Waals surface area contributed by atoms with Gasteiger partial charge in [-0.15, -0.1) is 0 Å². The lowest BCUT2D eigenvalue weighted by Crippen LogP contribution is -2.18. The summed E-state index contributed by atoms with van der Waals surface area (Å²) in [5.74, 6) is -0.481. The molecule has 1 saturated heterocycles. The van der Waals surface area contributed by atoms with E-state index in [9.17, 15) is 9.59 Å². The number of benzene rings is 1. The highest BCUT2D eigenvalue weighted by molar-refractivity contribution is 5.75. The first-order valence-electron chi connectivity index (χ1n) is 7.88. The van der Waals surface area contributed by atoms with Crippen LogP contribution in [0, 0.1) is 11.8 Å². The van der Waals surface area contributed by atoms with Crippen molar-refractivity contribution >= 4 is 11.9 Å². The first-order chi connectivity index (χ1) is 10.7. The maximum absolute atomic E-state index is 11.9. The molecule has 0 bridgehead atoms. The van der Waals surface area contributed by atoms with Gasteiger partial charge in [-0.25, -0.2) is 0 Å². The molecule has 1 aromatic rings. The van der Waals surface area contributed by atoms with Gasteiger partial charge in [-0.1, -0.05) is 39.8 Å². The fourth-order valence-corrected chi connectivity index (χ4v) is 1.99. The lowest BCUT2D eigenvalue weighted by Gasteiger charge is -2.16. The zero-order chi connectivity index (χ0) is 17.2. The normalized spacial score (nSPS) is 19.8. The van der Waals surface area contributed by atoms with Gasteiger partial charge in [0, 0.05) is 5.56 Å². The Morgan fingerprint density at radius 2 is 1.78 bits per heavy atom. The smallest absolute Gasteiger partial charge is 0.313 e. The molecule has 0 unspecified atom stereocenters. The lowest BCUT2D eigenvalue weighted by molar-refractivity contribution is -0.148. The molecule has 23 heavy (non-hydrogen) atoms. The van der Waals surface area contributed by atoms with Gasteiger partial charge in [0.05, 0.1) is 18.4 Å². The van der Waals surface area contributed by atoms with E-state index in [-0.39, 0.29) is 30.4 Å². The molecule has 0 aliphatic carbocycles. The second kappa shape index (κ2) is 6.71. The zero-order valence-electron chi connectivity index (χ0n) is 14.3. The number of esters is 2. The average molecular weight is 320 g/mol. The van der Waals surface area contributed by atoms with Gasteiger partial charge >= 0.3 is 11.9 Å². The predicted octanol–water partition coefficient (Wildman–Crippen LogP) is 3.19. The van der Waals surface area contributed by atoms with Crippen molar-refractivity contribution in [2.75, 3.05) is 6.61 Å². The van der Waals surface area contributed by atoms with E-state index in [0.29, 0.717) is 12.4 Å². The Hall–Kier alpha value is -1.88. The minimum absolute atomic E-state index is 0.154. The highest BCUT2D eigenvalue weighted by Gasteiger charge is 2.43. The van der Waals surface area contributed by atoms with Crippen LogP contribution in [0.5, 0.6) is 5.75 Å². The van der Waals surface area contributed by atoms with Crippen molar-refractivity contribution in [1.82, 2.24) is 0 Å². The fraction of sp³-hybridized carbons (Fsp3) is 0.556. The molecule has 1 aromatic carbocycles. The summed E-state index contributed by atoms with van der Waals surface area (Å²) < 4.78 is 16.2. The minimum Gasteiger partial charge on any atom is -0.461 e. The minimum atomic E-state index is -0.403. The summed E-state index contributed by atoms with van der Waals surface area (Å²) in [4.78, 5) is 23.5. The molecule has 1 fully saturated rings. The van der Waals surface area contributed by atoms with Crippen molar-refractivity contribution in [1.29, 1.82) is 0 Å². The molecule has 0 aromatic heterocycles. The predicted molar refractivity (Wildman–Crippen MR) is 84.9 cm³/mol. The van der Waals surface area contributed by atoms with Crippen LogP contribution in [0.25, 0.3) is 0 Å². The number of carbonyl (C=O) groups excluding carboxylic acids is 2. The Bertz CT molecular complexity index is 599. The number of hydrogen-bond donors (Lipinski definition) is 0. The second-order valence-corrected chi connectivity index (χ2v) is 6.69. The second-order valence-electron chi connectivity index (χ2n) is 6.69. The summed E-state index contributed by atoms with van der Waals surface area (Å²) in [6, 6.07) is 5.48. The van der Waals surface area contributed by atoms with Gasteiger partial charge in [0.25, 0.3) is 0 Å². The molecule has 0 N–H and O–H groups in total. The number of carbonyl (C=O) groups is 2. The molecule has 1 atom stereocenters. The van der Waals surface area contributed by atoms with Crippen LogP contribution in [0.1, 0.15) is 45.7 Å². The summed E-state index contributed by atoms with van der Waals surface area (Å²) in [6.45, 7) is 9.84. The molecular formula is C18H24O5. The highest BCUT2D eigenvalue weighted by Crippen LogP contribution is 2.43. The van der Waals surface area contributed by atoms with Crippen molar-refractivity contribution in [3.8, 4) is 5.75 Å². The molecule has 1 aliphatic heterocycles. The van der Waals surface area contributed by atoms with Crippen molar-refractivity contribution in [2.24, 2.45) is 11.8 Å². The van der Waals surface area contributed by atoms with E-state index >= 15 is 0 Å². The highest BCUT2D eigenvalue weighted by atomic mass is 16.6. The molecule has 5 heteroatoms. The van der Waals surface area contributed by atoms with Crippen LogP contribution in [0.2, 0.25) is 0 Å². The Morgan fingerprint density at radius 1 is 1.17 bits per heavy atom. The number of ether oxygens (including phenoxy) is 3. The molecule has 1 heterocycles.